The van der Waals surface area contributed by atoms with Gasteiger partial charge in [-0.2, -0.15) is 9.97 Å². The number of rotatable bonds is 5. The van der Waals surface area contributed by atoms with Crippen LogP contribution in [0.4, 0.5) is 11.8 Å². The average Bonchev–Trinajstić information content (AvgIpc) is 2.25. The van der Waals surface area contributed by atoms with Gasteiger partial charge in [0.15, 0.2) is 0 Å². The first-order valence-corrected chi connectivity index (χ1v) is 5.26. The fourth-order valence-corrected chi connectivity index (χ4v) is 0.970. The van der Waals surface area contributed by atoms with Gasteiger partial charge in [0.1, 0.15) is 12.4 Å². The van der Waals surface area contributed by atoms with E-state index < -0.39 is 0 Å². The van der Waals surface area contributed by atoms with Gasteiger partial charge in [0, 0.05) is 11.6 Å². The van der Waals surface area contributed by atoms with Crippen molar-refractivity contribution in [3.8, 4) is 5.88 Å². The summed E-state index contributed by atoms with van der Waals surface area (Å²) in [6.07, 6.45) is 0. The van der Waals surface area contributed by atoms with Crippen LogP contribution in [0.1, 0.15) is 13.8 Å². The summed E-state index contributed by atoms with van der Waals surface area (Å²) in [5.41, 5.74) is 7.83. The lowest BCUT2D eigenvalue weighted by molar-refractivity contribution is 0.111. The summed E-state index contributed by atoms with van der Waals surface area (Å²) < 4.78 is 5.59. The lowest BCUT2D eigenvalue weighted by Gasteiger charge is -2.31. The molecule has 0 aromatic carbocycles. The molecule has 0 atom stereocenters. The highest BCUT2D eigenvalue weighted by molar-refractivity contribution is 5.41. The van der Waals surface area contributed by atoms with Crippen molar-refractivity contribution >= 4 is 11.8 Å². The molecule has 0 fully saturated rings. The van der Waals surface area contributed by atoms with Gasteiger partial charge in [0.2, 0.25) is 11.8 Å². The third-order valence-electron chi connectivity index (χ3n) is 2.65. The minimum atomic E-state index is -0.101. The van der Waals surface area contributed by atoms with E-state index in [0.717, 1.165) is 0 Å². The number of anilines is 2. The number of nitrogen functional groups attached to an aromatic ring is 2. The first kappa shape index (κ1) is 13.5. The fraction of sp³-hybridized carbons (Fsp3) is 0.600. The molecule has 0 radical (unpaired) electrons. The monoisotopic (exact) mass is 240 g/mol. The number of ether oxygens (including phenoxy) is 1. The maximum atomic E-state index is 5.59. The summed E-state index contributed by atoms with van der Waals surface area (Å²) in [6.45, 7) is 4.62. The second-order valence-corrected chi connectivity index (χ2v) is 4.59. The van der Waals surface area contributed by atoms with Crippen molar-refractivity contribution in [2.75, 3.05) is 31.9 Å². The molecule has 1 rings (SSSR count). The Morgan fingerprint density at radius 2 is 2.06 bits per heavy atom. The molecule has 7 heteroatoms. The Morgan fingerprint density at radius 1 is 1.41 bits per heavy atom. The highest BCUT2D eigenvalue weighted by atomic mass is 16.5. The minimum Gasteiger partial charge on any atom is -0.476 e. The quantitative estimate of drug-likeness (QED) is 0.494. The molecule has 0 unspecified atom stereocenters. The van der Waals surface area contributed by atoms with Crippen LogP contribution in [-0.2, 0) is 0 Å². The maximum Gasteiger partial charge on any atom is 0.225 e. The number of likely N-dealkylation sites (N-methyl/N-ethyl adjacent to an activating group) is 1. The Hall–Kier alpha value is -1.60. The maximum absolute atomic E-state index is 5.59. The highest BCUT2D eigenvalue weighted by Gasteiger charge is 2.21. The van der Waals surface area contributed by atoms with Gasteiger partial charge in [-0.15, -0.1) is 0 Å². The number of aromatic nitrogens is 2. The summed E-state index contributed by atoms with van der Waals surface area (Å²) >= 11 is 0. The van der Waals surface area contributed by atoms with E-state index in [-0.39, 0.29) is 11.5 Å². The summed E-state index contributed by atoms with van der Waals surface area (Å²) in [5, 5.41) is 0. The first-order valence-electron chi connectivity index (χ1n) is 5.26. The van der Waals surface area contributed by atoms with Crippen LogP contribution in [0.3, 0.4) is 0 Å². The van der Waals surface area contributed by atoms with Crippen molar-refractivity contribution in [1.29, 1.82) is 0 Å². The van der Waals surface area contributed by atoms with E-state index >= 15 is 0 Å². The molecule has 1 aromatic rings. The molecule has 0 saturated heterocycles. The minimum absolute atomic E-state index is 0.101. The summed E-state index contributed by atoms with van der Waals surface area (Å²) in [4.78, 5) is 9.92. The number of hydrazine groups is 1. The van der Waals surface area contributed by atoms with Crippen LogP contribution in [0.25, 0.3) is 0 Å². The Morgan fingerprint density at radius 3 is 2.59 bits per heavy atom. The zero-order valence-corrected chi connectivity index (χ0v) is 10.7. The fourth-order valence-electron chi connectivity index (χ4n) is 0.970. The summed E-state index contributed by atoms with van der Waals surface area (Å²) in [6, 6.07) is 1.60. The van der Waals surface area contributed by atoms with Crippen molar-refractivity contribution in [1.82, 2.24) is 14.9 Å². The van der Waals surface area contributed by atoms with Crippen LogP contribution in [-0.4, -0.2) is 41.1 Å². The van der Waals surface area contributed by atoms with E-state index in [0.29, 0.717) is 18.3 Å². The highest BCUT2D eigenvalue weighted by Crippen LogP contribution is 2.17. The third-order valence-corrected chi connectivity index (χ3v) is 2.65. The summed E-state index contributed by atoms with van der Waals surface area (Å²) in [5.74, 6) is 6.21. The SMILES string of the molecule is CN(C)C(C)(C)COc1cc(NN)nc(N)n1. The lowest BCUT2D eigenvalue weighted by atomic mass is 10.1. The predicted molar refractivity (Wildman–Crippen MR) is 67.5 cm³/mol. The number of hydrogen-bond acceptors (Lipinski definition) is 7. The lowest BCUT2D eigenvalue weighted by Crippen LogP contribution is -2.43. The molecular formula is C10H20N6O. The number of nitrogens with zero attached hydrogens (tertiary/aromatic N) is 3. The average molecular weight is 240 g/mol. The van der Waals surface area contributed by atoms with Crippen molar-refractivity contribution in [2.45, 2.75) is 19.4 Å². The van der Waals surface area contributed by atoms with Crippen molar-refractivity contribution in [3.05, 3.63) is 6.07 Å². The molecule has 0 saturated carbocycles. The van der Waals surface area contributed by atoms with Gasteiger partial charge in [-0.1, -0.05) is 0 Å². The third kappa shape index (κ3) is 3.72. The van der Waals surface area contributed by atoms with Crippen LogP contribution in [0.15, 0.2) is 6.07 Å². The molecule has 17 heavy (non-hydrogen) atoms. The smallest absolute Gasteiger partial charge is 0.225 e. The molecule has 0 aliphatic rings. The number of nitrogens with one attached hydrogen (secondary N) is 1. The second-order valence-electron chi connectivity index (χ2n) is 4.59. The van der Waals surface area contributed by atoms with Gasteiger partial charge in [-0.25, -0.2) is 5.84 Å². The van der Waals surface area contributed by atoms with E-state index in [9.17, 15) is 0 Å². The van der Waals surface area contributed by atoms with Crippen molar-refractivity contribution < 1.29 is 4.74 Å². The van der Waals surface area contributed by atoms with Gasteiger partial charge in [-0.3, -0.25) is 0 Å². The molecule has 1 heterocycles. The Bertz CT molecular complexity index is 379. The molecule has 0 bridgehead atoms. The molecular weight excluding hydrogens is 220 g/mol. The Balaban J connectivity index is 2.72. The number of hydrogen-bond donors (Lipinski definition) is 3. The Kier molecular flexibility index (Phi) is 4.08. The topological polar surface area (TPSA) is 102 Å². The molecule has 0 aliphatic carbocycles. The Labute approximate surface area is 101 Å². The molecule has 0 aliphatic heterocycles. The molecule has 0 spiro atoms. The van der Waals surface area contributed by atoms with E-state index in [2.05, 4.69) is 34.1 Å². The van der Waals surface area contributed by atoms with E-state index in [4.69, 9.17) is 16.3 Å². The van der Waals surface area contributed by atoms with Crippen LogP contribution in [0.5, 0.6) is 5.88 Å². The normalized spacial score (nSPS) is 11.6. The van der Waals surface area contributed by atoms with Gasteiger partial charge in [0.05, 0.1) is 0 Å². The van der Waals surface area contributed by atoms with Crippen molar-refractivity contribution in [2.24, 2.45) is 5.84 Å². The van der Waals surface area contributed by atoms with Crippen LogP contribution in [0, 0.1) is 0 Å². The second kappa shape index (κ2) is 5.15. The largest absolute Gasteiger partial charge is 0.476 e. The van der Waals surface area contributed by atoms with Gasteiger partial charge < -0.3 is 20.8 Å². The molecule has 1 aromatic heterocycles. The van der Waals surface area contributed by atoms with E-state index in [1.54, 1.807) is 6.07 Å². The van der Waals surface area contributed by atoms with E-state index in [1.165, 1.54) is 0 Å². The first-order chi connectivity index (χ1) is 7.85. The molecule has 0 amide bonds. The molecule has 7 nitrogen and oxygen atoms in total. The van der Waals surface area contributed by atoms with Gasteiger partial charge in [0.25, 0.3) is 0 Å². The predicted octanol–water partition coefficient (Wildman–Crippen LogP) is 0.0634. The van der Waals surface area contributed by atoms with Crippen molar-refractivity contribution in [3.63, 3.8) is 0 Å². The zero-order chi connectivity index (χ0) is 13.1. The standard InChI is InChI=1S/C10H20N6O/c1-10(2,16(3)4)6-17-8-5-7(15-12)13-9(11)14-8/h5H,6,12H2,1-4H3,(H3,11,13,14,15). The summed E-state index contributed by atoms with van der Waals surface area (Å²) in [7, 11) is 3.98. The van der Waals surface area contributed by atoms with Crippen LogP contribution < -0.4 is 21.7 Å². The zero-order valence-electron chi connectivity index (χ0n) is 10.7. The van der Waals surface area contributed by atoms with Crippen LogP contribution in [0.2, 0.25) is 0 Å². The van der Waals surface area contributed by atoms with Gasteiger partial charge in [-0.05, 0) is 27.9 Å². The van der Waals surface area contributed by atoms with Gasteiger partial charge >= 0.3 is 0 Å². The van der Waals surface area contributed by atoms with Crippen LogP contribution >= 0.6 is 0 Å². The molecule has 5 N–H and O–H groups in total. The number of nitrogens with two attached hydrogens (primary N) is 2. The van der Waals surface area contributed by atoms with E-state index in [1.807, 2.05) is 14.1 Å². The molecule has 96 valence electrons.